The molecule has 0 unspecified atom stereocenters. The molecule has 0 spiro atoms. The Labute approximate surface area is 121 Å². The lowest BCUT2D eigenvalue weighted by molar-refractivity contribution is 0.252. The Morgan fingerprint density at radius 2 is 2.19 bits per heavy atom. The van der Waals surface area contributed by atoms with Crippen LogP contribution in [0, 0.1) is 0 Å². The minimum Gasteiger partial charge on any atom is -0.338 e. The molecule has 3 rings (SSSR count). The highest BCUT2D eigenvalue weighted by atomic mass is 16.2. The van der Waals surface area contributed by atoms with Crippen LogP contribution < -0.4 is 10.6 Å². The van der Waals surface area contributed by atoms with E-state index >= 15 is 0 Å². The summed E-state index contributed by atoms with van der Waals surface area (Å²) in [6, 6.07) is 3.69. The summed E-state index contributed by atoms with van der Waals surface area (Å²) >= 11 is 0. The van der Waals surface area contributed by atoms with Crippen molar-refractivity contribution in [2.75, 3.05) is 11.9 Å². The molecule has 21 heavy (non-hydrogen) atoms. The number of fused-ring (bicyclic) bond motifs is 1. The van der Waals surface area contributed by atoms with Crippen LogP contribution in [0.3, 0.4) is 0 Å². The molecule has 0 radical (unpaired) electrons. The Morgan fingerprint density at radius 1 is 1.33 bits per heavy atom. The van der Waals surface area contributed by atoms with Crippen molar-refractivity contribution in [2.24, 2.45) is 7.05 Å². The number of pyridine rings is 1. The molecule has 0 saturated carbocycles. The first-order valence-electron chi connectivity index (χ1n) is 6.68. The molecule has 0 fully saturated rings. The lowest BCUT2D eigenvalue weighted by Gasteiger charge is -2.00. The molecule has 0 aliphatic carbocycles. The highest BCUT2D eigenvalue weighted by Gasteiger charge is 2.07. The van der Waals surface area contributed by atoms with Crippen LogP contribution in [0.5, 0.6) is 0 Å². The molecule has 3 aromatic rings. The van der Waals surface area contributed by atoms with E-state index in [1.165, 1.54) is 0 Å². The normalized spacial score (nSPS) is 10.8. The fourth-order valence-electron chi connectivity index (χ4n) is 2.11. The van der Waals surface area contributed by atoms with Gasteiger partial charge in [0.15, 0.2) is 5.82 Å². The van der Waals surface area contributed by atoms with Gasteiger partial charge in [0.2, 0.25) is 0 Å². The number of nitrogens with one attached hydrogen (secondary N) is 2. The highest BCUT2D eigenvalue weighted by molar-refractivity contribution is 5.88. The minimum absolute atomic E-state index is 0.256. The standard InChI is InChI=1S/C14H16N6O/c1-3-15-14(21)18-12-9-20-5-4-10(6-13(20)17-12)11-7-16-19(2)8-11/h4-9H,3H2,1-2H3,(H2,15,18,21). The van der Waals surface area contributed by atoms with Gasteiger partial charge in [-0.2, -0.15) is 5.10 Å². The summed E-state index contributed by atoms with van der Waals surface area (Å²) in [7, 11) is 1.88. The van der Waals surface area contributed by atoms with Crippen molar-refractivity contribution in [1.82, 2.24) is 24.5 Å². The zero-order valence-electron chi connectivity index (χ0n) is 11.9. The molecule has 3 aromatic heterocycles. The summed E-state index contributed by atoms with van der Waals surface area (Å²) in [5, 5.41) is 9.53. The monoisotopic (exact) mass is 284 g/mol. The van der Waals surface area contributed by atoms with E-state index in [0.29, 0.717) is 12.4 Å². The van der Waals surface area contributed by atoms with Crippen LogP contribution >= 0.6 is 0 Å². The number of nitrogens with zero attached hydrogens (tertiary/aromatic N) is 4. The van der Waals surface area contributed by atoms with Crippen LogP contribution in [0.25, 0.3) is 16.8 Å². The van der Waals surface area contributed by atoms with Gasteiger partial charge < -0.3 is 9.72 Å². The van der Waals surface area contributed by atoms with Crippen molar-refractivity contribution in [3.63, 3.8) is 0 Å². The highest BCUT2D eigenvalue weighted by Crippen LogP contribution is 2.20. The molecule has 7 heteroatoms. The van der Waals surface area contributed by atoms with Crippen LogP contribution in [0.2, 0.25) is 0 Å². The predicted octanol–water partition coefficient (Wildman–Crippen LogP) is 1.88. The van der Waals surface area contributed by atoms with E-state index in [9.17, 15) is 4.79 Å². The van der Waals surface area contributed by atoms with Crippen LogP contribution in [0.1, 0.15) is 6.92 Å². The van der Waals surface area contributed by atoms with Crippen LogP contribution in [-0.4, -0.2) is 31.7 Å². The van der Waals surface area contributed by atoms with E-state index in [2.05, 4.69) is 20.7 Å². The maximum absolute atomic E-state index is 11.5. The van der Waals surface area contributed by atoms with Gasteiger partial charge in [-0.1, -0.05) is 0 Å². The summed E-state index contributed by atoms with van der Waals surface area (Å²) in [6.45, 7) is 2.44. The molecule has 2 N–H and O–H groups in total. The number of carbonyl (C=O) groups excluding carboxylic acids is 1. The molecule has 0 bridgehead atoms. The summed E-state index contributed by atoms with van der Waals surface area (Å²) in [4.78, 5) is 15.9. The fourth-order valence-corrected chi connectivity index (χ4v) is 2.11. The average molecular weight is 284 g/mol. The minimum atomic E-state index is -0.256. The Hall–Kier alpha value is -2.83. The third kappa shape index (κ3) is 2.71. The number of carbonyl (C=O) groups is 1. The zero-order chi connectivity index (χ0) is 14.8. The van der Waals surface area contributed by atoms with E-state index in [0.717, 1.165) is 16.8 Å². The Morgan fingerprint density at radius 3 is 2.90 bits per heavy atom. The van der Waals surface area contributed by atoms with E-state index in [1.807, 2.05) is 49.1 Å². The van der Waals surface area contributed by atoms with Gasteiger partial charge in [0.05, 0.1) is 12.4 Å². The topological polar surface area (TPSA) is 76.2 Å². The zero-order valence-corrected chi connectivity index (χ0v) is 11.9. The second-order valence-electron chi connectivity index (χ2n) is 4.69. The van der Waals surface area contributed by atoms with Gasteiger partial charge in [-0.25, -0.2) is 9.78 Å². The van der Waals surface area contributed by atoms with Gasteiger partial charge in [-0.05, 0) is 24.6 Å². The molecule has 0 aromatic carbocycles. The lowest BCUT2D eigenvalue weighted by atomic mass is 10.1. The molecular weight excluding hydrogens is 268 g/mol. The van der Waals surface area contributed by atoms with E-state index in [4.69, 9.17) is 0 Å². The van der Waals surface area contributed by atoms with Crippen molar-refractivity contribution < 1.29 is 4.79 Å². The maximum atomic E-state index is 11.5. The van der Waals surface area contributed by atoms with Crippen molar-refractivity contribution in [1.29, 1.82) is 0 Å². The molecule has 0 aliphatic heterocycles. The number of aryl methyl sites for hydroxylation is 1. The molecule has 0 aliphatic rings. The Balaban J connectivity index is 1.90. The van der Waals surface area contributed by atoms with E-state index in [1.54, 1.807) is 10.9 Å². The second-order valence-corrected chi connectivity index (χ2v) is 4.69. The van der Waals surface area contributed by atoms with Crippen LogP contribution in [0.4, 0.5) is 10.6 Å². The fraction of sp³-hybridized carbons (Fsp3) is 0.214. The van der Waals surface area contributed by atoms with E-state index in [-0.39, 0.29) is 6.03 Å². The van der Waals surface area contributed by atoms with Gasteiger partial charge in [-0.15, -0.1) is 0 Å². The van der Waals surface area contributed by atoms with Crippen LogP contribution in [-0.2, 0) is 7.05 Å². The summed E-state index contributed by atoms with van der Waals surface area (Å²) < 4.78 is 3.62. The number of aromatic nitrogens is 4. The van der Waals surface area contributed by atoms with E-state index < -0.39 is 0 Å². The second kappa shape index (κ2) is 5.28. The first-order chi connectivity index (χ1) is 10.2. The molecule has 2 amide bonds. The molecule has 108 valence electrons. The summed E-state index contributed by atoms with van der Waals surface area (Å²) in [5.41, 5.74) is 2.83. The first kappa shape index (κ1) is 13.2. The largest absolute Gasteiger partial charge is 0.338 e. The molecular formula is C14H16N6O. The number of amides is 2. The average Bonchev–Trinajstić information content (AvgIpc) is 3.03. The SMILES string of the molecule is CCNC(=O)Nc1cn2ccc(-c3cnn(C)c3)cc2n1. The maximum Gasteiger partial charge on any atom is 0.320 e. The molecule has 7 nitrogen and oxygen atoms in total. The van der Waals surface area contributed by atoms with Gasteiger partial charge in [0.1, 0.15) is 5.65 Å². The summed E-state index contributed by atoms with van der Waals surface area (Å²) in [6.07, 6.45) is 7.44. The van der Waals surface area contributed by atoms with Crippen LogP contribution in [0.15, 0.2) is 36.9 Å². The van der Waals surface area contributed by atoms with Crippen molar-refractivity contribution in [3.05, 3.63) is 36.9 Å². The Kier molecular flexibility index (Phi) is 3.31. The number of imidazole rings is 1. The third-order valence-electron chi connectivity index (χ3n) is 3.08. The third-order valence-corrected chi connectivity index (χ3v) is 3.08. The molecule has 3 heterocycles. The number of rotatable bonds is 3. The van der Waals surface area contributed by atoms with Gasteiger partial charge >= 0.3 is 6.03 Å². The Bertz CT molecular complexity index is 788. The predicted molar refractivity (Wildman–Crippen MR) is 80.1 cm³/mol. The quantitative estimate of drug-likeness (QED) is 0.771. The van der Waals surface area contributed by atoms with Gasteiger partial charge in [-0.3, -0.25) is 10.00 Å². The van der Waals surface area contributed by atoms with Gasteiger partial charge in [0.25, 0.3) is 0 Å². The number of urea groups is 1. The number of hydrogen-bond acceptors (Lipinski definition) is 3. The van der Waals surface area contributed by atoms with Crippen molar-refractivity contribution in [2.45, 2.75) is 6.92 Å². The number of anilines is 1. The number of hydrogen-bond donors (Lipinski definition) is 2. The smallest absolute Gasteiger partial charge is 0.320 e. The molecule has 0 atom stereocenters. The van der Waals surface area contributed by atoms with Crippen molar-refractivity contribution in [3.8, 4) is 11.1 Å². The van der Waals surface area contributed by atoms with Crippen molar-refractivity contribution >= 4 is 17.5 Å². The first-order valence-corrected chi connectivity index (χ1v) is 6.68. The lowest BCUT2D eigenvalue weighted by Crippen LogP contribution is -2.28. The summed E-state index contributed by atoms with van der Waals surface area (Å²) in [5.74, 6) is 0.518. The molecule has 0 saturated heterocycles. The van der Waals surface area contributed by atoms with Gasteiger partial charge in [0, 0.05) is 31.5 Å².